The maximum Gasteiger partial charge on any atom is 0.269 e. The summed E-state index contributed by atoms with van der Waals surface area (Å²) in [5.74, 6) is -1.23. The fourth-order valence-corrected chi connectivity index (χ4v) is 2.18. The molecule has 0 radical (unpaired) electrons. The molecule has 80 valence electrons. The molecule has 1 aromatic rings. The number of ether oxygens (including phenoxy) is 1. The standard InChI is InChI=1S/C12H4N2O3/c13-5-11-9(15)7-3-1-2-4-8(7)10(16)12(11,6-14)17-11/h1-4H. The van der Waals surface area contributed by atoms with Crippen LogP contribution in [0, 0.1) is 22.7 Å². The van der Waals surface area contributed by atoms with Gasteiger partial charge in [-0.2, -0.15) is 10.5 Å². The summed E-state index contributed by atoms with van der Waals surface area (Å²) in [6, 6.07) is 9.40. The third-order valence-corrected chi connectivity index (χ3v) is 3.13. The lowest BCUT2D eigenvalue weighted by molar-refractivity contribution is 0.0882. The minimum absolute atomic E-state index is 0.141. The molecule has 0 N–H and O–H groups in total. The van der Waals surface area contributed by atoms with Gasteiger partial charge in [0.05, 0.1) is 0 Å². The second-order valence-corrected chi connectivity index (χ2v) is 3.89. The fourth-order valence-electron chi connectivity index (χ4n) is 2.18. The maximum absolute atomic E-state index is 12.1. The first-order valence-electron chi connectivity index (χ1n) is 4.84. The van der Waals surface area contributed by atoms with Crippen LogP contribution in [0.25, 0.3) is 0 Å². The number of benzene rings is 1. The monoisotopic (exact) mass is 224 g/mol. The van der Waals surface area contributed by atoms with Gasteiger partial charge in [0, 0.05) is 11.1 Å². The van der Waals surface area contributed by atoms with E-state index in [-0.39, 0.29) is 11.1 Å². The minimum Gasteiger partial charge on any atom is -0.316 e. The molecule has 3 rings (SSSR count). The highest BCUT2D eigenvalue weighted by atomic mass is 16.6. The molecule has 2 atom stereocenters. The summed E-state index contributed by atoms with van der Waals surface area (Å²) in [6.07, 6.45) is 0. The van der Waals surface area contributed by atoms with Crippen molar-refractivity contribution in [1.82, 2.24) is 0 Å². The molecule has 1 fully saturated rings. The zero-order chi connectivity index (χ0) is 12.3. The van der Waals surface area contributed by atoms with E-state index < -0.39 is 22.8 Å². The zero-order valence-corrected chi connectivity index (χ0v) is 8.43. The fraction of sp³-hybridized carbons (Fsp3) is 0.167. The van der Waals surface area contributed by atoms with E-state index in [1.807, 2.05) is 0 Å². The van der Waals surface area contributed by atoms with Gasteiger partial charge in [0.1, 0.15) is 12.1 Å². The van der Waals surface area contributed by atoms with Gasteiger partial charge in [-0.25, -0.2) is 0 Å². The van der Waals surface area contributed by atoms with Crippen molar-refractivity contribution >= 4 is 11.6 Å². The highest BCUT2D eigenvalue weighted by Crippen LogP contribution is 2.54. The van der Waals surface area contributed by atoms with E-state index in [0.29, 0.717) is 0 Å². The molecule has 1 aromatic carbocycles. The summed E-state index contributed by atoms with van der Waals surface area (Å²) in [4.78, 5) is 24.1. The number of epoxide rings is 1. The van der Waals surface area contributed by atoms with E-state index in [1.54, 1.807) is 24.3 Å². The summed E-state index contributed by atoms with van der Waals surface area (Å²) < 4.78 is 4.94. The van der Waals surface area contributed by atoms with Crippen molar-refractivity contribution in [2.75, 3.05) is 0 Å². The minimum atomic E-state index is -1.94. The van der Waals surface area contributed by atoms with Gasteiger partial charge in [0.25, 0.3) is 11.2 Å². The van der Waals surface area contributed by atoms with Crippen LogP contribution in [0.15, 0.2) is 24.3 Å². The number of hydrogen-bond acceptors (Lipinski definition) is 5. The van der Waals surface area contributed by atoms with Crippen LogP contribution in [0.4, 0.5) is 0 Å². The topological polar surface area (TPSA) is 94.2 Å². The van der Waals surface area contributed by atoms with Crippen LogP contribution >= 0.6 is 0 Å². The van der Waals surface area contributed by atoms with Crippen LogP contribution in [0.2, 0.25) is 0 Å². The molecule has 1 aliphatic carbocycles. The Labute approximate surface area is 95.8 Å². The summed E-state index contributed by atoms with van der Waals surface area (Å²) in [5, 5.41) is 18.0. The van der Waals surface area contributed by atoms with Crippen LogP contribution in [0.3, 0.4) is 0 Å². The Kier molecular flexibility index (Phi) is 1.48. The van der Waals surface area contributed by atoms with E-state index in [1.165, 1.54) is 12.1 Å². The predicted molar refractivity (Wildman–Crippen MR) is 52.9 cm³/mol. The first-order valence-corrected chi connectivity index (χ1v) is 4.84. The molecular weight excluding hydrogens is 220 g/mol. The average molecular weight is 224 g/mol. The van der Waals surface area contributed by atoms with Gasteiger partial charge in [0.15, 0.2) is 0 Å². The largest absolute Gasteiger partial charge is 0.316 e. The Hall–Kier alpha value is -2.50. The number of ketones is 2. The second kappa shape index (κ2) is 2.60. The molecule has 1 saturated heterocycles. The second-order valence-electron chi connectivity index (χ2n) is 3.89. The number of nitriles is 2. The van der Waals surface area contributed by atoms with Crippen LogP contribution in [-0.2, 0) is 4.74 Å². The Balaban J connectivity index is 2.34. The lowest BCUT2D eigenvalue weighted by atomic mass is 9.75. The molecule has 0 spiro atoms. The van der Waals surface area contributed by atoms with Crippen molar-refractivity contribution in [1.29, 1.82) is 10.5 Å². The SMILES string of the molecule is N#CC12OC1(C#N)C(=O)c1ccccc1C2=O. The molecule has 1 aliphatic heterocycles. The average Bonchev–Trinajstić information content (AvgIpc) is 3.08. The molecule has 17 heavy (non-hydrogen) atoms. The van der Waals surface area contributed by atoms with Crippen molar-refractivity contribution in [2.45, 2.75) is 11.2 Å². The number of rotatable bonds is 0. The number of carbonyl (C=O) groups excluding carboxylic acids is 2. The van der Waals surface area contributed by atoms with E-state index in [2.05, 4.69) is 0 Å². The molecule has 2 unspecified atom stereocenters. The number of Topliss-reactive ketones (excluding diaryl/α,β-unsaturated/α-hetero) is 2. The van der Waals surface area contributed by atoms with Crippen LogP contribution in [0.5, 0.6) is 0 Å². The van der Waals surface area contributed by atoms with Gasteiger partial charge in [-0.1, -0.05) is 24.3 Å². The van der Waals surface area contributed by atoms with Crippen molar-refractivity contribution in [3.05, 3.63) is 35.4 Å². The summed E-state index contributed by atoms with van der Waals surface area (Å²) in [5.41, 5.74) is -3.59. The van der Waals surface area contributed by atoms with E-state index in [4.69, 9.17) is 15.3 Å². The molecule has 0 aromatic heterocycles. The lowest BCUT2D eigenvalue weighted by Gasteiger charge is -2.16. The highest BCUT2D eigenvalue weighted by Gasteiger charge is 2.83. The third-order valence-electron chi connectivity index (χ3n) is 3.13. The van der Waals surface area contributed by atoms with Crippen LogP contribution in [-0.4, -0.2) is 22.8 Å². The summed E-state index contributed by atoms with van der Waals surface area (Å²) >= 11 is 0. The maximum atomic E-state index is 12.1. The Morgan fingerprint density at radius 2 is 1.35 bits per heavy atom. The number of nitrogens with zero attached hydrogens (tertiary/aromatic N) is 2. The Morgan fingerprint density at radius 3 is 1.71 bits per heavy atom. The van der Waals surface area contributed by atoms with Crippen LogP contribution < -0.4 is 0 Å². The van der Waals surface area contributed by atoms with Crippen molar-refractivity contribution in [3.8, 4) is 12.1 Å². The Bertz CT molecular complexity index is 610. The van der Waals surface area contributed by atoms with Gasteiger partial charge in [0.2, 0.25) is 11.6 Å². The zero-order valence-electron chi connectivity index (χ0n) is 8.43. The molecule has 0 bridgehead atoms. The number of fused-ring (bicyclic) bond motifs is 2. The first kappa shape index (κ1) is 9.71. The van der Waals surface area contributed by atoms with Crippen molar-refractivity contribution in [3.63, 3.8) is 0 Å². The van der Waals surface area contributed by atoms with Gasteiger partial charge < -0.3 is 4.74 Å². The smallest absolute Gasteiger partial charge is 0.269 e. The first-order chi connectivity index (χ1) is 8.13. The lowest BCUT2D eigenvalue weighted by Crippen LogP contribution is -2.43. The van der Waals surface area contributed by atoms with E-state index in [0.717, 1.165) is 0 Å². The molecule has 0 saturated carbocycles. The van der Waals surface area contributed by atoms with Gasteiger partial charge >= 0.3 is 0 Å². The van der Waals surface area contributed by atoms with E-state index in [9.17, 15) is 9.59 Å². The Morgan fingerprint density at radius 1 is 0.941 bits per heavy atom. The molecule has 2 aliphatic rings. The van der Waals surface area contributed by atoms with Crippen LogP contribution in [0.1, 0.15) is 20.7 Å². The summed E-state index contributed by atoms with van der Waals surface area (Å²) in [7, 11) is 0. The third kappa shape index (κ3) is 0.791. The van der Waals surface area contributed by atoms with Crippen molar-refractivity contribution in [2.24, 2.45) is 0 Å². The van der Waals surface area contributed by atoms with Crippen molar-refractivity contribution < 1.29 is 14.3 Å². The summed E-state index contributed by atoms with van der Waals surface area (Å²) in [6.45, 7) is 0. The van der Waals surface area contributed by atoms with Gasteiger partial charge in [-0.15, -0.1) is 0 Å². The van der Waals surface area contributed by atoms with E-state index >= 15 is 0 Å². The molecule has 5 heteroatoms. The molecular formula is C12H4N2O3. The van der Waals surface area contributed by atoms with Gasteiger partial charge in [-0.05, 0) is 0 Å². The normalized spacial score (nSPS) is 33.1. The number of carbonyl (C=O) groups is 2. The molecule has 0 amide bonds. The molecule has 1 heterocycles. The predicted octanol–water partition coefficient (Wildman–Crippen LogP) is 0.621. The highest BCUT2D eigenvalue weighted by molar-refractivity contribution is 6.27. The van der Waals surface area contributed by atoms with Gasteiger partial charge in [-0.3, -0.25) is 9.59 Å². The quantitative estimate of drug-likeness (QED) is 0.602. The number of hydrogen-bond donors (Lipinski definition) is 0. The molecule has 5 nitrogen and oxygen atoms in total.